The van der Waals surface area contributed by atoms with E-state index in [1.54, 1.807) is 6.26 Å². The molecule has 0 aromatic carbocycles. The van der Waals surface area contributed by atoms with E-state index in [-0.39, 0.29) is 0 Å². The first-order chi connectivity index (χ1) is 6.72. The maximum atomic E-state index is 5.34. The van der Waals surface area contributed by atoms with Crippen LogP contribution in [0.15, 0.2) is 10.7 Å². The SMILES string of the molecule is CNCc1coc(OCCC(C)C)n1. The van der Waals surface area contributed by atoms with Gasteiger partial charge in [-0.25, -0.2) is 0 Å². The number of hydrogen-bond donors (Lipinski definition) is 1. The number of nitrogens with zero attached hydrogens (tertiary/aromatic N) is 1. The molecule has 0 bridgehead atoms. The van der Waals surface area contributed by atoms with E-state index in [1.165, 1.54) is 0 Å². The third kappa shape index (κ3) is 3.79. The quantitative estimate of drug-likeness (QED) is 0.757. The lowest BCUT2D eigenvalue weighted by Gasteiger charge is -2.03. The fourth-order valence-corrected chi connectivity index (χ4v) is 0.999. The molecule has 0 aliphatic heterocycles. The molecule has 0 aliphatic carbocycles. The molecule has 4 nitrogen and oxygen atoms in total. The fourth-order valence-electron chi connectivity index (χ4n) is 0.999. The van der Waals surface area contributed by atoms with Gasteiger partial charge in [0.1, 0.15) is 6.26 Å². The molecule has 1 aromatic heterocycles. The molecule has 0 saturated heterocycles. The number of nitrogens with one attached hydrogen (secondary N) is 1. The highest BCUT2D eigenvalue weighted by molar-refractivity contribution is 4.99. The second-order valence-corrected chi connectivity index (χ2v) is 3.67. The van der Waals surface area contributed by atoms with Gasteiger partial charge in [-0.05, 0) is 19.4 Å². The van der Waals surface area contributed by atoms with Crippen molar-refractivity contribution in [3.05, 3.63) is 12.0 Å². The summed E-state index contributed by atoms with van der Waals surface area (Å²) in [4.78, 5) is 4.15. The van der Waals surface area contributed by atoms with E-state index in [9.17, 15) is 0 Å². The molecule has 1 aromatic rings. The van der Waals surface area contributed by atoms with Crippen LogP contribution >= 0.6 is 0 Å². The number of aromatic nitrogens is 1. The number of ether oxygens (including phenoxy) is 1. The standard InChI is InChI=1S/C10H18N2O2/c1-8(2)4-5-13-10-12-9(6-11-3)7-14-10/h7-8,11H,4-6H2,1-3H3. The topological polar surface area (TPSA) is 47.3 Å². The largest absolute Gasteiger partial charge is 0.450 e. The summed E-state index contributed by atoms with van der Waals surface area (Å²) in [6, 6.07) is 0. The van der Waals surface area contributed by atoms with Gasteiger partial charge >= 0.3 is 6.08 Å². The Bertz CT molecular complexity index is 258. The predicted molar refractivity (Wildman–Crippen MR) is 54.2 cm³/mol. The van der Waals surface area contributed by atoms with Crippen LogP contribution < -0.4 is 10.1 Å². The van der Waals surface area contributed by atoms with Gasteiger partial charge in [-0.3, -0.25) is 0 Å². The van der Waals surface area contributed by atoms with E-state index >= 15 is 0 Å². The highest BCUT2D eigenvalue weighted by Gasteiger charge is 2.04. The highest BCUT2D eigenvalue weighted by Crippen LogP contribution is 2.11. The summed E-state index contributed by atoms with van der Waals surface area (Å²) in [6.45, 7) is 5.69. The first-order valence-corrected chi connectivity index (χ1v) is 4.94. The third-order valence-electron chi connectivity index (χ3n) is 1.81. The van der Waals surface area contributed by atoms with Crippen molar-refractivity contribution in [2.24, 2.45) is 5.92 Å². The first kappa shape index (κ1) is 11.0. The van der Waals surface area contributed by atoms with Gasteiger partial charge in [-0.2, -0.15) is 4.98 Å². The van der Waals surface area contributed by atoms with E-state index < -0.39 is 0 Å². The Morgan fingerprint density at radius 3 is 3.00 bits per heavy atom. The van der Waals surface area contributed by atoms with E-state index in [1.807, 2.05) is 7.05 Å². The van der Waals surface area contributed by atoms with Crippen LogP contribution in [0.3, 0.4) is 0 Å². The first-order valence-electron chi connectivity index (χ1n) is 4.94. The number of rotatable bonds is 6. The minimum Gasteiger partial charge on any atom is -0.450 e. The van der Waals surface area contributed by atoms with Gasteiger partial charge in [0.15, 0.2) is 0 Å². The second-order valence-electron chi connectivity index (χ2n) is 3.67. The average Bonchev–Trinajstić information content (AvgIpc) is 2.53. The molecule has 4 heteroatoms. The Kier molecular flexibility index (Phi) is 4.46. The summed E-state index contributed by atoms with van der Waals surface area (Å²) >= 11 is 0. The van der Waals surface area contributed by atoms with Crippen molar-refractivity contribution in [2.75, 3.05) is 13.7 Å². The molecule has 1 rings (SSSR count). The average molecular weight is 198 g/mol. The summed E-state index contributed by atoms with van der Waals surface area (Å²) in [5.74, 6) is 0.641. The van der Waals surface area contributed by atoms with Gasteiger partial charge in [0.25, 0.3) is 0 Å². The summed E-state index contributed by atoms with van der Waals surface area (Å²) in [5, 5.41) is 2.99. The van der Waals surface area contributed by atoms with Crippen LogP contribution in [-0.2, 0) is 6.54 Å². The van der Waals surface area contributed by atoms with E-state index in [4.69, 9.17) is 9.15 Å². The molecule has 0 atom stereocenters. The predicted octanol–water partition coefficient (Wildman–Crippen LogP) is 1.82. The molecule has 14 heavy (non-hydrogen) atoms. The highest BCUT2D eigenvalue weighted by atomic mass is 16.6. The lowest BCUT2D eigenvalue weighted by molar-refractivity contribution is 0.216. The number of hydrogen-bond acceptors (Lipinski definition) is 4. The summed E-state index contributed by atoms with van der Waals surface area (Å²) in [6.07, 6.45) is 3.00. The molecular formula is C10H18N2O2. The minimum absolute atomic E-state index is 0.371. The van der Waals surface area contributed by atoms with Gasteiger partial charge in [-0.15, -0.1) is 0 Å². The van der Waals surface area contributed by atoms with Crippen LogP contribution in [0.5, 0.6) is 6.08 Å². The maximum absolute atomic E-state index is 5.34. The summed E-state index contributed by atoms with van der Waals surface area (Å²) < 4.78 is 10.5. The number of oxazole rings is 1. The van der Waals surface area contributed by atoms with Crippen molar-refractivity contribution >= 4 is 0 Å². The zero-order valence-corrected chi connectivity index (χ0v) is 9.04. The molecule has 0 spiro atoms. The zero-order valence-electron chi connectivity index (χ0n) is 9.04. The monoisotopic (exact) mass is 198 g/mol. The van der Waals surface area contributed by atoms with Crippen LogP contribution in [0.1, 0.15) is 26.0 Å². The van der Waals surface area contributed by atoms with Crippen molar-refractivity contribution < 1.29 is 9.15 Å². The molecule has 1 N–H and O–H groups in total. The van der Waals surface area contributed by atoms with Crippen LogP contribution in [0.2, 0.25) is 0 Å². The van der Waals surface area contributed by atoms with Crippen molar-refractivity contribution in [1.82, 2.24) is 10.3 Å². The van der Waals surface area contributed by atoms with Crippen LogP contribution in [0, 0.1) is 5.92 Å². The Balaban J connectivity index is 2.28. The Labute approximate surface area is 84.7 Å². The molecule has 0 unspecified atom stereocenters. The lowest BCUT2D eigenvalue weighted by Crippen LogP contribution is -2.05. The van der Waals surface area contributed by atoms with Crippen LogP contribution in [0.25, 0.3) is 0 Å². The Morgan fingerprint density at radius 2 is 2.36 bits per heavy atom. The third-order valence-corrected chi connectivity index (χ3v) is 1.81. The van der Waals surface area contributed by atoms with Gasteiger partial charge in [0.2, 0.25) is 0 Å². The van der Waals surface area contributed by atoms with Crippen molar-refractivity contribution in [3.63, 3.8) is 0 Å². The normalized spacial score (nSPS) is 10.9. The second kappa shape index (κ2) is 5.65. The van der Waals surface area contributed by atoms with Gasteiger partial charge < -0.3 is 14.5 Å². The minimum atomic E-state index is 0.371. The molecular weight excluding hydrogens is 180 g/mol. The van der Waals surface area contributed by atoms with Crippen molar-refractivity contribution in [1.29, 1.82) is 0 Å². The Morgan fingerprint density at radius 1 is 1.57 bits per heavy atom. The van der Waals surface area contributed by atoms with Crippen LogP contribution in [-0.4, -0.2) is 18.6 Å². The van der Waals surface area contributed by atoms with E-state index in [2.05, 4.69) is 24.1 Å². The molecule has 80 valence electrons. The molecule has 0 aliphatic rings. The van der Waals surface area contributed by atoms with E-state index in [0.29, 0.717) is 25.1 Å². The summed E-state index contributed by atoms with van der Waals surface area (Å²) in [5.41, 5.74) is 0.868. The van der Waals surface area contributed by atoms with E-state index in [0.717, 1.165) is 12.1 Å². The fraction of sp³-hybridized carbons (Fsp3) is 0.700. The lowest BCUT2D eigenvalue weighted by atomic mass is 10.1. The zero-order chi connectivity index (χ0) is 10.4. The molecule has 1 heterocycles. The van der Waals surface area contributed by atoms with Crippen molar-refractivity contribution in [2.45, 2.75) is 26.8 Å². The smallest absolute Gasteiger partial charge is 0.393 e. The molecule has 0 saturated carbocycles. The summed E-state index contributed by atoms with van der Waals surface area (Å²) in [7, 11) is 1.87. The molecule has 0 fully saturated rings. The van der Waals surface area contributed by atoms with Crippen LogP contribution in [0.4, 0.5) is 0 Å². The molecule has 0 radical (unpaired) electrons. The molecule has 0 amide bonds. The van der Waals surface area contributed by atoms with Gasteiger partial charge in [-0.1, -0.05) is 13.8 Å². The maximum Gasteiger partial charge on any atom is 0.393 e. The van der Waals surface area contributed by atoms with Crippen molar-refractivity contribution in [3.8, 4) is 6.08 Å². The Hall–Kier alpha value is -1.03. The van der Waals surface area contributed by atoms with Gasteiger partial charge in [0.05, 0.1) is 12.3 Å². The van der Waals surface area contributed by atoms with Gasteiger partial charge in [0, 0.05) is 6.54 Å².